The Bertz CT molecular complexity index is 934. The molecule has 0 aliphatic carbocycles. The van der Waals surface area contributed by atoms with Gasteiger partial charge < -0.3 is 9.64 Å². The largest absolute Gasteiger partial charge is 0.377 e. The number of morpholine rings is 1. The lowest BCUT2D eigenvalue weighted by molar-refractivity contribution is 0.0989. The molecular weight excluding hydrogens is 341 g/mol. The van der Waals surface area contributed by atoms with Crippen LogP contribution in [0.15, 0.2) is 36.7 Å². The topological polar surface area (TPSA) is 38.2 Å². The van der Waals surface area contributed by atoms with Gasteiger partial charge in [-0.25, -0.2) is 14.4 Å². The van der Waals surface area contributed by atoms with Crippen molar-refractivity contribution in [1.29, 1.82) is 0 Å². The van der Waals surface area contributed by atoms with Gasteiger partial charge >= 0.3 is 0 Å². The quantitative estimate of drug-likeness (QED) is 0.692. The summed E-state index contributed by atoms with van der Waals surface area (Å²) in [5.74, 6) is -0.422. The van der Waals surface area contributed by atoms with Crippen LogP contribution in [-0.2, 0) is 4.74 Å². The molecule has 0 spiro atoms. The average Bonchev–Trinajstić information content (AvgIpc) is 2.61. The van der Waals surface area contributed by atoms with Crippen molar-refractivity contribution in [2.45, 2.75) is 13.0 Å². The lowest BCUT2D eigenvalue weighted by atomic mass is 10.0. The van der Waals surface area contributed by atoms with Gasteiger partial charge in [0.15, 0.2) is 0 Å². The molecule has 0 N–H and O–H groups in total. The third-order valence-corrected chi connectivity index (χ3v) is 4.66. The molecule has 1 atom stereocenters. The summed E-state index contributed by atoms with van der Waals surface area (Å²) in [6, 6.07) is 11.9. The lowest BCUT2D eigenvalue weighted by Gasteiger charge is -2.35. The van der Waals surface area contributed by atoms with Gasteiger partial charge in [-0.05, 0) is 37.3 Å². The number of anilines is 1. The van der Waals surface area contributed by atoms with Gasteiger partial charge in [0.05, 0.1) is 29.4 Å². The molecule has 127 valence electrons. The molecular formula is C19H16ClFN3O. The Morgan fingerprint density at radius 1 is 1.32 bits per heavy atom. The SMILES string of the molecule is C[C@H]1COCCN1c1ccc2c(-c3c[c]c(Cl)cc3F)ncnc2c1. The van der Waals surface area contributed by atoms with Crippen LogP contribution in [0.25, 0.3) is 22.2 Å². The number of aromatic nitrogens is 2. The van der Waals surface area contributed by atoms with Crippen molar-refractivity contribution < 1.29 is 9.13 Å². The van der Waals surface area contributed by atoms with Crippen LogP contribution in [0.5, 0.6) is 0 Å². The van der Waals surface area contributed by atoms with Gasteiger partial charge in [0.1, 0.15) is 12.1 Å². The van der Waals surface area contributed by atoms with Crippen LogP contribution in [-0.4, -0.2) is 35.8 Å². The molecule has 1 aliphatic heterocycles. The molecule has 0 bridgehead atoms. The van der Waals surface area contributed by atoms with E-state index in [1.807, 2.05) is 18.2 Å². The minimum absolute atomic E-state index is 0.239. The minimum Gasteiger partial charge on any atom is -0.377 e. The fraction of sp³-hybridized carbons (Fsp3) is 0.263. The predicted octanol–water partition coefficient (Wildman–Crippen LogP) is 4.11. The van der Waals surface area contributed by atoms with Crippen LogP contribution >= 0.6 is 11.6 Å². The van der Waals surface area contributed by atoms with Crippen molar-refractivity contribution in [2.24, 2.45) is 0 Å². The Kier molecular flexibility index (Phi) is 4.27. The van der Waals surface area contributed by atoms with Crippen LogP contribution in [0.2, 0.25) is 5.02 Å². The van der Waals surface area contributed by atoms with Crippen molar-refractivity contribution in [2.75, 3.05) is 24.7 Å². The van der Waals surface area contributed by atoms with E-state index in [9.17, 15) is 4.39 Å². The first kappa shape index (κ1) is 16.2. The molecule has 4 rings (SSSR count). The van der Waals surface area contributed by atoms with Gasteiger partial charge in [-0.2, -0.15) is 0 Å². The maximum absolute atomic E-state index is 14.3. The second-order valence-corrected chi connectivity index (χ2v) is 6.49. The fourth-order valence-corrected chi connectivity index (χ4v) is 3.32. The van der Waals surface area contributed by atoms with Crippen molar-refractivity contribution >= 4 is 28.2 Å². The first-order valence-electron chi connectivity index (χ1n) is 8.10. The molecule has 1 radical (unpaired) electrons. The van der Waals surface area contributed by atoms with E-state index in [4.69, 9.17) is 16.3 Å². The van der Waals surface area contributed by atoms with Gasteiger partial charge in [0.25, 0.3) is 0 Å². The Hall–Kier alpha value is -2.24. The zero-order valence-corrected chi connectivity index (χ0v) is 14.4. The molecule has 1 saturated heterocycles. The van der Waals surface area contributed by atoms with Gasteiger partial charge in [-0.1, -0.05) is 11.6 Å². The van der Waals surface area contributed by atoms with Crippen LogP contribution in [0.4, 0.5) is 10.1 Å². The summed E-state index contributed by atoms with van der Waals surface area (Å²) >= 11 is 5.80. The number of rotatable bonds is 2. The average molecular weight is 357 g/mol. The molecule has 2 aromatic carbocycles. The van der Waals surface area contributed by atoms with E-state index < -0.39 is 5.82 Å². The number of halogens is 2. The van der Waals surface area contributed by atoms with Crippen LogP contribution in [0.1, 0.15) is 6.92 Å². The summed E-state index contributed by atoms with van der Waals surface area (Å²) in [5, 5.41) is 1.03. The highest BCUT2D eigenvalue weighted by atomic mass is 35.5. The van der Waals surface area contributed by atoms with Crippen molar-refractivity contribution in [3.63, 3.8) is 0 Å². The summed E-state index contributed by atoms with van der Waals surface area (Å²) in [5.41, 5.74) is 2.76. The van der Waals surface area contributed by atoms with E-state index in [1.165, 1.54) is 18.5 Å². The standard InChI is InChI=1S/C19H16ClFN3O/c1-12-10-25-7-6-24(12)14-3-5-16-18(9-14)22-11-23-19(16)15-4-2-13(20)8-17(15)21/h3-5,8-9,11-12H,6-7,10H2,1H3/t12-/m0/s1. The molecule has 2 heterocycles. The van der Waals surface area contributed by atoms with E-state index in [0.29, 0.717) is 30.5 Å². The summed E-state index contributed by atoms with van der Waals surface area (Å²) in [6.45, 7) is 4.39. The fourth-order valence-electron chi connectivity index (χ4n) is 3.17. The van der Waals surface area contributed by atoms with Crippen LogP contribution in [0, 0.1) is 11.9 Å². The van der Waals surface area contributed by atoms with E-state index in [-0.39, 0.29) is 5.02 Å². The van der Waals surface area contributed by atoms with E-state index in [1.54, 1.807) is 0 Å². The Balaban J connectivity index is 1.80. The molecule has 25 heavy (non-hydrogen) atoms. The van der Waals surface area contributed by atoms with Crippen molar-refractivity contribution in [1.82, 2.24) is 9.97 Å². The van der Waals surface area contributed by atoms with Crippen LogP contribution < -0.4 is 4.90 Å². The highest BCUT2D eigenvalue weighted by Gasteiger charge is 2.20. The molecule has 6 heteroatoms. The summed E-state index contributed by atoms with van der Waals surface area (Å²) in [4.78, 5) is 10.9. The molecule has 0 unspecified atom stereocenters. The summed E-state index contributed by atoms with van der Waals surface area (Å²) < 4.78 is 19.8. The number of ether oxygens (including phenoxy) is 1. The lowest BCUT2D eigenvalue weighted by Crippen LogP contribution is -2.43. The molecule has 0 saturated carbocycles. The van der Waals surface area contributed by atoms with Gasteiger partial charge in [0, 0.05) is 35.3 Å². The van der Waals surface area contributed by atoms with E-state index >= 15 is 0 Å². The third kappa shape index (κ3) is 3.05. The normalized spacial score (nSPS) is 17.9. The Morgan fingerprint density at radius 2 is 2.20 bits per heavy atom. The van der Waals surface area contributed by atoms with E-state index in [0.717, 1.165) is 23.1 Å². The number of nitrogens with zero attached hydrogens (tertiary/aromatic N) is 3. The predicted molar refractivity (Wildman–Crippen MR) is 96.4 cm³/mol. The first-order chi connectivity index (χ1) is 12.1. The monoisotopic (exact) mass is 356 g/mol. The number of benzene rings is 2. The van der Waals surface area contributed by atoms with E-state index in [2.05, 4.69) is 27.9 Å². The van der Waals surface area contributed by atoms with Crippen LogP contribution in [0.3, 0.4) is 0 Å². The number of hydrogen-bond acceptors (Lipinski definition) is 4. The molecule has 0 amide bonds. The summed E-state index contributed by atoms with van der Waals surface area (Å²) in [7, 11) is 0. The van der Waals surface area contributed by atoms with Gasteiger partial charge in [-0.15, -0.1) is 0 Å². The maximum Gasteiger partial charge on any atom is 0.134 e. The molecule has 1 fully saturated rings. The second-order valence-electron chi connectivity index (χ2n) is 6.08. The highest BCUT2D eigenvalue weighted by Crippen LogP contribution is 2.31. The second kappa shape index (κ2) is 6.58. The minimum atomic E-state index is -0.422. The Labute approximate surface area is 150 Å². The molecule has 3 aromatic rings. The molecule has 4 nitrogen and oxygen atoms in total. The highest BCUT2D eigenvalue weighted by molar-refractivity contribution is 6.30. The third-order valence-electron chi connectivity index (χ3n) is 4.44. The molecule has 1 aromatic heterocycles. The summed E-state index contributed by atoms with van der Waals surface area (Å²) in [6.07, 6.45) is 1.46. The first-order valence-corrected chi connectivity index (χ1v) is 8.47. The zero-order valence-electron chi connectivity index (χ0n) is 13.7. The van der Waals surface area contributed by atoms with Gasteiger partial charge in [-0.3, -0.25) is 0 Å². The Morgan fingerprint density at radius 3 is 3.00 bits per heavy atom. The number of fused-ring (bicyclic) bond motifs is 1. The smallest absolute Gasteiger partial charge is 0.134 e. The molecule has 1 aliphatic rings. The van der Waals surface area contributed by atoms with Gasteiger partial charge in [0.2, 0.25) is 0 Å². The van der Waals surface area contributed by atoms with Crippen molar-refractivity contribution in [3.05, 3.63) is 53.6 Å². The van der Waals surface area contributed by atoms with Crippen molar-refractivity contribution in [3.8, 4) is 11.3 Å². The number of hydrogen-bond donors (Lipinski definition) is 0. The maximum atomic E-state index is 14.3. The zero-order chi connectivity index (χ0) is 17.4.